The lowest BCUT2D eigenvalue weighted by atomic mass is 9.72. The molecule has 0 bridgehead atoms. The lowest BCUT2D eigenvalue weighted by Gasteiger charge is -2.49. The van der Waals surface area contributed by atoms with Crippen molar-refractivity contribution in [3.63, 3.8) is 0 Å². The van der Waals surface area contributed by atoms with Crippen molar-refractivity contribution in [3.05, 3.63) is 106 Å². The number of piperidine rings is 1. The van der Waals surface area contributed by atoms with Crippen molar-refractivity contribution in [2.45, 2.75) is 75.4 Å². The lowest BCUT2D eigenvalue weighted by Crippen LogP contribution is -2.57. The maximum Gasteiger partial charge on any atom is 0.416 e. The van der Waals surface area contributed by atoms with E-state index in [2.05, 4.69) is 0 Å². The van der Waals surface area contributed by atoms with E-state index in [1.165, 1.54) is 12.1 Å². The molecule has 0 radical (unpaired) electrons. The Balaban J connectivity index is 1.39. The Hall–Kier alpha value is -3.68. The molecule has 0 aromatic heterocycles. The number of amides is 1. The van der Waals surface area contributed by atoms with Crippen LogP contribution in [0, 0.1) is 11.7 Å². The van der Waals surface area contributed by atoms with Crippen LogP contribution in [0.15, 0.2) is 72.8 Å². The number of hydrogen-bond acceptors (Lipinski definition) is 5. The van der Waals surface area contributed by atoms with Crippen LogP contribution in [-0.4, -0.2) is 53.8 Å². The number of carbonyl (C=O) groups excluding carboxylic acids is 1. The van der Waals surface area contributed by atoms with Gasteiger partial charge in [0.25, 0.3) is 0 Å². The van der Waals surface area contributed by atoms with Gasteiger partial charge in [-0.15, -0.1) is 0 Å². The molecule has 13 heteroatoms. The minimum absolute atomic E-state index is 0.0335. The van der Waals surface area contributed by atoms with Gasteiger partial charge in [0, 0.05) is 18.5 Å². The third kappa shape index (κ3) is 8.86. The van der Waals surface area contributed by atoms with Gasteiger partial charge in [0.2, 0.25) is 0 Å². The highest BCUT2D eigenvalue weighted by atomic mass is 19.4. The first-order valence-electron chi connectivity index (χ1n) is 15.6. The SMILES string of the molecule is CC1(O)CCN(C(=O)OCc2ccccc2)C(C2CCOC(OCCc3cc(C(F)(F)F)cc(C(F)(F)F)c3)C2c2ccc(F)cc2)C1. The Kier molecular flexibility index (Phi) is 10.7. The first-order valence-corrected chi connectivity index (χ1v) is 15.6. The highest BCUT2D eigenvalue weighted by Crippen LogP contribution is 2.44. The molecule has 0 aliphatic carbocycles. The molecule has 5 unspecified atom stereocenters. The van der Waals surface area contributed by atoms with Crippen LogP contribution >= 0.6 is 0 Å². The van der Waals surface area contributed by atoms with Gasteiger partial charge in [-0.1, -0.05) is 42.5 Å². The molecule has 2 heterocycles. The summed E-state index contributed by atoms with van der Waals surface area (Å²) in [6.07, 6.45) is -11.0. The van der Waals surface area contributed by atoms with Crippen molar-refractivity contribution < 1.29 is 54.8 Å². The van der Waals surface area contributed by atoms with Crippen LogP contribution < -0.4 is 0 Å². The van der Waals surface area contributed by atoms with Gasteiger partial charge in [-0.3, -0.25) is 0 Å². The predicted molar refractivity (Wildman–Crippen MR) is 160 cm³/mol. The van der Waals surface area contributed by atoms with E-state index < -0.39 is 65.2 Å². The number of ether oxygens (including phenoxy) is 3. The van der Waals surface area contributed by atoms with Crippen LogP contribution in [0.2, 0.25) is 0 Å². The smallest absolute Gasteiger partial charge is 0.416 e. The molecular formula is C35H36F7NO5. The van der Waals surface area contributed by atoms with E-state index >= 15 is 0 Å². The molecule has 2 aliphatic rings. The van der Waals surface area contributed by atoms with Gasteiger partial charge in [-0.2, -0.15) is 26.3 Å². The zero-order chi connectivity index (χ0) is 34.7. The molecular weight excluding hydrogens is 647 g/mol. The third-order valence-corrected chi connectivity index (χ3v) is 8.94. The average Bonchev–Trinajstić information content (AvgIpc) is 3.03. The van der Waals surface area contributed by atoms with E-state index in [1.54, 1.807) is 24.0 Å². The summed E-state index contributed by atoms with van der Waals surface area (Å²) in [7, 11) is 0. The fraction of sp³-hybridized carbons (Fsp3) is 0.457. The fourth-order valence-corrected chi connectivity index (χ4v) is 6.54. The van der Waals surface area contributed by atoms with Crippen molar-refractivity contribution in [1.82, 2.24) is 4.90 Å². The Morgan fingerprint density at radius 1 is 0.958 bits per heavy atom. The number of aliphatic hydroxyl groups is 1. The summed E-state index contributed by atoms with van der Waals surface area (Å²) in [5.41, 5.74) is -2.81. The summed E-state index contributed by atoms with van der Waals surface area (Å²) < 4.78 is 112. The van der Waals surface area contributed by atoms with Crippen LogP contribution in [0.4, 0.5) is 35.5 Å². The topological polar surface area (TPSA) is 68.2 Å². The van der Waals surface area contributed by atoms with Crippen LogP contribution in [0.3, 0.4) is 0 Å². The first kappa shape index (κ1) is 35.6. The number of likely N-dealkylation sites (tertiary alicyclic amines) is 1. The van der Waals surface area contributed by atoms with E-state index in [1.807, 2.05) is 30.3 Å². The normalized spacial score (nSPS) is 25.1. The monoisotopic (exact) mass is 683 g/mol. The molecule has 5 atom stereocenters. The van der Waals surface area contributed by atoms with Crippen LogP contribution in [0.25, 0.3) is 0 Å². The molecule has 48 heavy (non-hydrogen) atoms. The van der Waals surface area contributed by atoms with Crippen LogP contribution in [0.5, 0.6) is 0 Å². The van der Waals surface area contributed by atoms with Gasteiger partial charge < -0.3 is 24.2 Å². The van der Waals surface area contributed by atoms with E-state index in [4.69, 9.17) is 14.2 Å². The molecule has 6 nitrogen and oxygen atoms in total. The largest absolute Gasteiger partial charge is 0.445 e. The van der Waals surface area contributed by atoms with Gasteiger partial charge in [-0.05, 0) is 85.5 Å². The maximum absolute atomic E-state index is 14.0. The molecule has 5 rings (SSSR count). The van der Waals surface area contributed by atoms with Crippen molar-refractivity contribution in [1.29, 1.82) is 0 Å². The first-order chi connectivity index (χ1) is 22.6. The molecule has 2 saturated heterocycles. The Labute approximate surface area is 273 Å². The molecule has 3 aromatic carbocycles. The standard InChI is InChI=1S/C35H36F7NO5/c1-33(45)13-14-43(32(44)48-21-22-5-3-2-4-6-22)29(20-33)28-12-16-47-31(30(28)24-7-9-27(36)10-8-24)46-15-11-23-17-25(34(37,38)39)19-26(18-23)35(40,41)42/h2-10,17-19,28-31,45H,11-16,20-21H2,1H3. The summed E-state index contributed by atoms with van der Waals surface area (Å²) in [5, 5.41) is 11.1. The molecule has 0 saturated carbocycles. The summed E-state index contributed by atoms with van der Waals surface area (Å²) >= 11 is 0. The number of hydrogen-bond donors (Lipinski definition) is 1. The van der Waals surface area contributed by atoms with Gasteiger partial charge >= 0.3 is 18.4 Å². The quantitative estimate of drug-likeness (QED) is 0.243. The van der Waals surface area contributed by atoms with Gasteiger partial charge in [0.05, 0.1) is 29.9 Å². The Bertz CT molecular complexity index is 1500. The third-order valence-electron chi connectivity index (χ3n) is 8.94. The molecule has 0 spiro atoms. The minimum Gasteiger partial charge on any atom is -0.445 e. The second-order valence-corrected chi connectivity index (χ2v) is 12.6. The van der Waals surface area contributed by atoms with Gasteiger partial charge in [0.1, 0.15) is 12.4 Å². The summed E-state index contributed by atoms with van der Waals surface area (Å²) in [5.74, 6) is -1.55. The van der Waals surface area contributed by atoms with E-state index in [9.17, 15) is 40.6 Å². The predicted octanol–water partition coefficient (Wildman–Crippen LogP) is 8.12. The highest BCUT2D eigenvalue weighted by molar-refractivity contribution is 5.68. The van der Waals surface area contributed by atoms with Crippen LogP contribution in [-0.2, 0) is 39.6 Å². The second-order valence-electron chi connectivity index (χ2n) is 12.6. The number of carbonyl (C=O) groups is 1. The molecule has 260 valence electrons. The number of rotatable bonds is 8. The van der Waals surface area contributed by atoms with E-state index in [0.29, 0.717) is 30.5 Å². The van der Waals surface area contributed by atoms with E-state index in [0.717, 1.165) is 5.56 Å². The number of benzene rings is 3. The zero-order valence-electron chi connectivity index (χ0n) is 26.1. The Morgan fingerprint density at radius 3 is 2.23 bits per heavy atom. The fourth-order valence-electron chi connectivity index (χ4n) is 6.54. The molecule has 2 aliphatic heterocycles. The summed E-state index contributed by atoms with van der Waals surface area (Å²) in [6.45, 7) is 1.77. The summed E-state index contributed by atoms with van der Waals surface area (Å²) in [4.78, 5) is 15.1. The maximum atomic E-state index is 14.0. The van der Waals surface area contributed by atoms with E-state index in [-0.39, 0.29) is 50.8 Å². The van der Waals surface area contributed by atoms with Crippen molar-refractivity contribution >= 4 is 6.09 Å². The second kappa shape index (κ2) is 14.4. The summed E-state index contributed by atoms with van der Waals surface area (Å²) in [6, 6.07) is 15.5. The number of nitrogens with zero attached hydrogens (tertiary/aromatic N) is 1. The Morgan fingerprint density at radius 2 is 1.60 bits per heavy atom. The van der Waals surface area contributed by atoms with Gasteiger partial charge in [0.15, 0.2) is 6.29 Å². The van der Waals surface area contributed by atoms with Crippen molar-refractivity contribution in [3.8, 4) is 0 Å². The van der Waals surface area contributed by atoms with Gasteiger partial charge in [-0.25, -0.2) is 9.18 Å². The molecule has 1 amide bonds. The number of alkyl halides is 6. The molecule has 1 N–H and O–H groups in total. The highest BCUT2D eigenvalue weighted by Gasteiger charge is 2.48. The molecule has 3 aromatic rings. The van der Waals surface area contributed by atoms with Crippen molar-refractivity contribution in [2.24, 2.45) is 5.92 Å². The van der Waals surface area contributed by atoms with Crippen molar-refractivity contribution in [2.75, 3.05) is 19.8 Å². The zero-order valence-corrected chi connectivity index (χ0v) is 26.1. The minimum atomic E-state index is -4.99. The molecule has 2 fully saturated rings. The average molecular weight is 684 g/mol. The van der Waals surface area contributed by atoms with Crippen LogP contribution in [0.1, 0.15) is 59.9 Å². The lowest BCUT2D eigenvalue weighted by molar-refractivity contribution is -0.197. The number of halogens is 7.